The number of benzene rings is 1. The van der Waals surface area contributed by atoms with E-state index >= 15 is 0 Å². The predicted molar refractivity (Wildman–Crippen MR) is 105 cm³/mol. The SMILES string of the molecule is Cc1ccc(-c2nnc3c(cnn3C3CCCN(C)C3)c2C2CC2)c(O)c1. The number of nitrogens with zero attached hydrogens (tertiary/aromatic N) is 5. The molecule has 0 spiro atoms. The highest BCUT2D eigenvalue weighted by Crippen LogP contribution is 2.47. The molecule has 5 rings (SSSR count). The highest BCUT2D eigenvalue weighted by atomic mass is 16.3. The zero-order valence-corrected chi connectivity index (χ0v) is 15.9. The molecule has 0 radical (unpaired) electrons. The normalized spacial score (nSPS) is 21.0. The van der Waals surface area contributed by atoms with E-state index in [1.807, 2.05) is 25.3 Å². The molecule has 27 heavy (non-hydrogen) atoms. The van der Waals surface area contributed by atoms with E-state index in [4.69, 9.17) is 5.10 Å². The van der Waals surface area contributed by atoms with E-state index in [2.05, 4.69) is 26.8 Å². The van der Waals surface area contributed by atoms with Crippen molar-refractivity contribution in [2.24, 2.45) is 0 Å². The Morgan fingerprint density at radius 3 is 2.74 bits per heavy atom. The third kappa shape index (κ3) is 2.88. The van der Waals surface area contributed by atoms with Crippen LogP contribution in [0.4, 0.5) is 0 Å². The van der Waals surface area contributed by atoms with Crippen molar-refractivity contribution < 1.29 is 5.11 Å². The summed E-state index contributed by atoms with van der Waals surface area (Å²) < 4.78 is 2.07. The summed E-state index contributed by atoms with van der Waals surface area (Å²) in [5.41, 5.74) is 4.69. The van der Waals surface area contributed by atoms with Crippen LogP contribution in [-0.2, 0) is 0 Å². The Labute approximate surface area is 158 Å². The number of aryl methyl sites for hydroxylation is 1. The first-order valence-electron chi connectivity index (χ1n) is 9.84. The summed E-state index contributed by atoms with van der Waals surface area (Å²) in [7, 11) is 2.16. The topological polar surface area (TPSA) is 67.1 Å². The molecule has 1 N–H and O–H groups in total. The molecule has 1 saturated carbocycles. The summed E-state index contributed by atoms with van der Waals surface area (Å²) >= 11 is 0. The molecule has 1 aromatic carbocycles. The van der Waals surface area contributed by atoms with Gasteiger partial charge >= 0.3 is 0 Å². The fourth-order valence-electron chi connectivity index (χ4n) is 4.36. The Morgan fingerprint density at radius 1 is 1.15 bits per heavy atom. The highest BCUT2D eigenvalue weighted by Gasteiger charge is 2.32. The van der Waals surface area contributed by atoms with E-state index < -0.39 is 0 Å². The van der Waals surface area contributed by atoms with Crippen LogP contribution in [0.5, 0.6) is 5.75 Å². The van der Waals surface area contributed by atoms with Crippen molar-refractivity contribution in [3.05, 3.63) is 35.5 Å². The van der Waals surface area contributed by atoms with Gasteiger partial charge in [-0.15, -0.1) is 10.2 Å². The van der Waals surface area contributed by atoms with Crippen LogP contribution in [0.3, 0.4) is 0 Å². The van der Waals surface area contributed by atoms with Gasteiger partial charge in [-0.05, 0) is 75.4 Å². The van der Waals surface area contributed by atoms with Gasteiger partial charge in [0, 0.05) is 17.5 Å². The average molecular weight is 363 g/mol. The first-order valence-corrected chi connectivity index (χ1v) is 9.84. The third-order valence-corrected chi connectivity index (χ3v) is 5.90. The molecule has 1 atom stereocenters. The van der Waals surface area contributed by atoms with Crippen LogP contribution in [0.2, 0.25) is 0 Å². The van der Waals surface area contributed by atoms with Gasteiger partial charge in [0.15, 0.2) is 5.65 Å². The van der Waals surface area contributed by atoms with E-state index in [-0.39, 0.29) is 5.75 Å². The van der Waals surface area contributed by atoms with Gasteiger partial charge in [-0.2, -0.15) is 5.10 Å². The molecule has 2 fully saturated rings. The number of aromatic nitrogens is 4. The molecule has 1 saturated heterocycles. The number of rotatable bonds is 3. The van der Waals surface area contributed by atoms with Gasteiger partial charge < -0.3 is 10.0 Å². The van der Waals surface area contributed by atoms with E-state index in [0.717, 1.165) is 60.2 Å². The lowest BCUT2D eigenvalue weighted by Gasteiger charge is -2.29. The van der Waals surface area contributed by atoms with Crippen molar-refractivity contribution in [3.8, 4) is 17.0 Å². The number of likely N-dealkylation sites (tertiary alicyclic amines) is 1. The molecule has 0 amide bonds. The van der Waals surface area contributed by atoms with Gasteiger partial charge in [0.05, 0.1) is 12.2 Å². The average Bonchev–Trinajstić information content (AvgIpc) is 3.39. The van der Waals surface area contributed by atoms with E-state index in [9.17, 15) is 5.11 Å². The fraction of sp³-hybridized carbons (Fsp3) is 0.476. The van der Waals surface area contributed by atoms with Gasteiger partial charge in [-0.3, -0.25) is 0 Å². The van der Waals surface area contributed by atoms with Crippen LogP contribution in [0.15, 0.2) is 24.4 Å². The van der Waals surface area contributed by atoms with Crippen molar-refractivity contribution in [1.29, 1.82) is 0 Å². The Hall–Kier alpha value is -2.47. The molecule has 140 valence electrons. The molecule has 6 nitrogen and oxygen atoms in total. The minimum absolute atomic E-state index is 0.270. The molecule has 6 heteroatoms. The second-order valence-corrected chi connectivity index (χ2v) is 8.14. The zero-order valence-electron chi connectivity index (χ0n) is 15.9. The van der Waals surface area contributed by atoms with Crippen LogP contribution >= 0.6 is 0 Å². The number of hydrogen-bond acceptors (Lipinski definition) is 5. The molecule has 1 aliphatic heterocycles. The number of phenols is 1. The zero-order chi connectivity index (χ0) is 18.5. The number of fused-ring (bicyclic) bond motifs is 1. The number of phenolic OH excluding ortho intramolecular Hbond substituents is 1. The standard InChI is InChI=1S/C21H25N5O/c1-13-5-8-16(18(27)10-13)20-19(14-6-7-14)17-11-22-26(21(17)24-23-20)15-4-3-9-25(2)12-15/h5,8,10-11,14-15,27H,3-4,6-7,9,12H2,1-2H3. The van der Waals surface area contributed by atoms with Crippen LogP contribution < -0.4 is 0 Å². The van der Waals surface area contributed by atoms with Crippen molar-refractivity contribution in [2.45, 2.75) is 44.6 Å². The van der Waals surface area contributed by atoms with Gasteiger partial charge in [0.2, 0.25) is 0 Å². The molecular formula is C21H25N5O. The number of likely N-dealkylation sites (N-methyl/N-ethyl adjacent to an activating group) is 1. The van der Waals surface area contributed by atoms with E-state index in [0.29, 0.717) is 12.0 Å². The molecule has 0 bridgehead atoms. The maximum atomic E-state index is 10.5. The Kier molecular flexibility index (Phi) is 3.90. The summed E-state index contributed by atoms with van der Waals surface area (Å²) in [5.74, 6) is 0.761. The largest absolute Gasteiger partial charge is 0.507 e. The lowest BCUT2D eigenvalue weighted by molar-refractivity contribution is 0.205. The Bertz CT molecular complexity index is 1010. The number of piperidine rings is 1. The molecule has 1 aliphatic carbocycles. The molecule has 3 heterocycles. The molecule has 1 unspecified atom stereocenters. The summed E-state index contributed by atoms with van der Waals surface area (Å²) in [6.07, 6.45) is 6.60. The van der Waals surface area contributed by atoms with Crippen LogP contribution in [0.25, 0.3) is 22.3 Å². The molecule has 2 aromatic heterocycles. The Balaban J connectivity index is 1.65. The molecule has 2 aliphatic rings. The van der Waals surface area contributed by atoms with Crippen LogP contribution in [0, 0.1) is 6.92 Å². The first kappa shape index (κ1) is 16.7. The number of aromatic hydroxyl groups is 1. The van der Waals surface area contributed by atoms with Crippen molar-refractivity contribution in [3.63, 3.8) is 0 Å². The first-order chi connectivity index (χ1) is 13.1. The maximum absolute atomic E-state index is 10.5. The number of hydrogen-bond donors (Lipinski definition) is 1. The van der Waals surface area contributed by atoms with E-state index in [1.54, 1.807) is 6.07 Å². The second-order valence-electron chi connectivity index (χ2n) is 8.14. The van der Waals surface area contributed by atoms with Gasteiger partial charge in [0.1, 0.15) is 11.4 Å². The summed E-state index contributed by atoms with van der Waals surface area (Å²) in [4.78, 5) is 2.36. The molecular weight excluding hydrogens is 338 g/mol. The smallest absolute Gasteiger partial charge is 0.181 e. The lowest BCUT2D eigenvalue weighted by Crippen LogP contribution is -2.34. The highest BCUT2D eigenvalue weighted by molar-refractivity contribution is 5.87. The third-order valence-electron chi connectivity index (χ3n) is 5.90. The predicted octanol–water partition coefficient (Wildman–Crippen LogP) is 3.65. The van der Waals surface area contributed by atoms with Crippen molar-refractivity contribution in [2.75, 3.05) is 20.1 Å². The van der Waals surface area contributed by atoms with Crippen molar-refractivity contribution in [1.82, 2.24) is 24.9 Å². The summed E-state index contributed by atoms with van der Waals surface area (Å²) in [5, 5.41) is 25.5. The minimum Gasteiger partial charge on any atom is -0.507 e. The minimum atomic E-state index is 0.270. The van der Waals surface area contributed by atoms with Gasteiger partial charge in [-0.25, -0.2) is 4.68 Å². The maximum Gasteiger partial charge on any atom is 0.181 e. The Morgan fingerprint density at radius 2 is 2.00 bits per heavy atom. The van der Waals surface area contributed by atoms with Crippen molar-refractivity contribution >= 4 is 11.0 Å². The quantitative estimate of drug-likeness (QED) is 0.769. The van der Waals surface area contributed by atoms with E-state index in [1.165, 1.54) is 12.0 Å². The fourth-order valence-corrected chi connectivity index (χ4v) is 4.36. The monoisotopic (exact) mass is 363 g/mol. The molecule has 3 aromatic rings. The summed E-state index contributed by atoms with van der Waals surface area (Å²) in [6, 6.07) is 6.10. The second kappa shape index (κ2) is 6.30. The van der Waals surface area contributed by atoms with Gasteiger partial charge in [0.25, 0.3) is 0 Å². The lowest BCUT2D eigenvalue weighted by atomic mass is 9.99. The van der Waals surface area contributed by atoms with Crippen LogP contribution in [0.1, 0.15) is 48.8 Å². The summed E-state index contributed by atoms with van der Waals surface area (Å²) in [6.45, 7) is 4.12. The van der Waals surface area contributed by atoms with Gasteiger partial charge in [-0.1, -0.05) is 6.07 Å². The van der Waals surface area contributed by atoms with Crippen LogP contribution in [-0.4, -0.2) is 50.1 Å².